The number of rotatable bonds is 3. The number of anilines is 1. The number of carbonyl (C=O) groups is 3. The van der Waals surface area contributed by atoms with Crippen molar-refractivity contribution in [1.29, 1.82) is 0 Å². The molecule has 0 aromatic heterocycles. The average molecular weight is 437 g/mol. The van der Waals surface area contributed by atoms with Crippen molar-refractivity contribution in [2.24, 2.45) is 0 Å². The van der Waals surface area contributed by atoms with E-state index in [1.54, 1.807) is 6.07 Å². The molecule has 3 N–H and O–H groups in total. The molecule has 1 aliphatic heterocycles. The van der Waals surface area contributed by atoms with Crippen molar-refractivity contribution in [3.05, 3.63) is 69.9 Å². The third kappa shape index (κ3) is 2.83. The van der Waals surface area contributed by atoms with Crippen LogP contribution in [0.1, 0.15) is 42.3 Å². The maximum atomic E-state index is 13.7. The summed E-state index contributed by atoms with van der Waals surface area (Å²) in [6, 6.07) is 5.55. The Morgan fingerprint density at radius 3 is 2.47 bits per heavy atom. The van der Waals surface area contributed by atoms with Gasteiger partial charge in [-0.15, -0.1) is 0 Å². The molecule has 0 saturated heterocycles. The third-order valence-electron chi connectivity index (χ3n) is 5.92. The summed E-state index contributed by atoms with van der Waals surface area (Å²) >= 11 is 0. The average Bonchev–Trinajstić information content (AvgIpc) is 2.99. The van der Waals surface area contributed by atoms with Crippen LogP contribution >= 0.6 is 0 Å². The largest absolute Gasteiger partial charge is 0.507 e. The SMILES string of the molecule is CC(=O)c1c(O)c(C)c(O)c2c1OC1=CC(=O)/C(=C(\C)Nc3cccc(F)c3)C(=O)C12C. The molecule has 32 heavy (non-hydrogen) atoms. The number of hydrogen-bond donors (Lipinski definition) is 3. The molecule has 0 fully saturated rings. The van der Waals surface area contributed by atoms with Crippen molar-refractivity contribution in [3.8, 4) is 17.2 Å². The first-order valence-electron chi connectivity index (χ1n) is 9.81. The van der Waals surface area contributed by atoms with Crippen LogP contribution in [0.4, 0.5) is 10.1 Å². The maximum absolute atomic E-state index is 13.7. The molecule has 1 heterocycles. The Kier molecular flexibility index (Phi) is 4.69. The van der Waals surface area contributed by atoms with Gasteiger partial charge in [0.2, 0.25) is 0 Å². The number of allylic oxidation sites excluding steroid dienone is 4. The van der Waals surface area contributed by atoms with Crippen LogP contribution < -0.4 is 10.1 Å². The highest BCUT2D eigenvalue weighted by Crippen LogP contribution is 2.57. The molecule has 2 aromatic rings. The minimum Gasteiger partial charge on any atom is -0.507 e. The Bertz CT molecular complexity index is 1310. The number of hydrogen-bond acceptors (Lipinski definition) is 7. The van der Waals surface area contributed by atoms with E-state index in [1.165, 1.54) is 45.9 Å². The van der Waals surface area contributed by atoms with Gasteiger partial charge in [0.1, 0.15) is 39.8 Å². The van der Waals surface area contributed by atoms with Gasteiger partial charge in [-0.3, -0.25) is 14.4 Å². The summed E-state index contributed by atoms with van der Waals surface area (Å²) in [4.78, 5) is 38.7. The first-order chi connectivity index (χ1) is 15.0. The molecule has 2 aromatic carbocycles. The normalized spacial score (nSPS) is 20.8. The molecule has 1 atom stereocenters. The van der Waals surface area contributed by atoms with Crippen LogP contribution in [-0.4, -0.2) is 27.6 Å². The van der Waals surface area contributed by atoms with E-state index in [-0.39, 0.29) is 39.5 Å². The topological polar surface area (TPSA) is 113 Å². The summed E-state index contributed by atoms with van der Waals surface area (Å²) in [5.41, 5.74) is -1.39. The van der Waals surface area contributed by atoms with Crippen LogP contribution in [0.15, 0.2) is 47.4 Å². The maximum Gasteiger partial charge on any atom is 0.194 e. The van der Waals surface area contributed by atoms with Crippen LogP contribution in [-0.2, 0) is 15.0 Å². The van der Waals surface area contributed by atoms with Crippen molar-refractivity contribution in [1.82, 2.24) is 0 Å². The first kappa shape index (κ1) is 21.3. The predicted octanol–water partition coefficient (Wildman–Crippen LogP) is 3.82. The summed E-state index contributed by atoms with van der Waals surface area (Å²) in [6.45, 7) is 5.63. The molecule has 0 radical (unpaired) electrons. The van der Waals surface area contributed by atoms with Gasteiger partial charge in [-0.05, 0) is 45.9 Å². The van der Waals surface area contributed by atoms with E-state index in [1.807, 2.05) is 0 Å². The van der Waals surface area contributed by atoms with Crippen LogP contribution in [0.25, 0.3) is 0 Å². The van der Waals surface area contributed by atoms with Crippen molar-refractivity contribution >= 4 is 23.0 Å². The number of phenols is 2. The van der Waals surface area contributed by atoms with E-state index in [0.717, 1.165) is 6.08 Å². The smallest absolute Gasteiger partial charge is 0.194 e. The van der Waals surface area contributed by atoms with Gasteiger partial charge in [0.05, 0.1) is 11.1 Å². The number of nitrogens with one attached hydrogen (secondary N) is 1. The van der Waals surface area contributed by atoms with Gasteiger partial charge in [-0.1, -0.05) is 6.07 Å². The molecule has 0 saturated carbocycles. The Balaban J connectivity index is 1.92. The van der Waals surface area contributed by atoms with Crippen LogP contribution in [0.3, 0.4) is 0 Å². The lowest BCUT2D eigenvalue weighted by Gasteiger charge is -2.29. The highest BCUT2D eigenvalue weighted by Gasteiger charge is 2.56. The molecule has 2 aliphatic rings. The van der Waals surface area contributed by atoms with E-state index < -0.39 is 40.1 Å². The van der Waals surface area contributed by atoms with Crippen molar-refractivity contribution in [2.75, 3.05) is 5.32 Å². The zero-order chi connectivity index (χ0) is 23.5. The zero-order valence-corrected chi connectivity index (χ0v) is 17.8. The van der Waals surface area contributed by atoms with Gasteiger partial charge in [-0.2, -0.15) is 0 Å². The number of Topliss-reactive ketones (excluding diaryl/α,β-unsaturated/α-hetero) is 2. The third-order valence-corrected chi connectivity index (χ3v) is 5.92. The number of phenolic OH excluding ortho intramolecular Hbond substituents is 2. The lowest BCUT2D eigenvalue weighted by Crippen LogP contribution is -2.40. The lowest BCUT2D eigenvalue weighted by atomic mass is 9.70. The van der Waals surface area contributed by atoms with Gasteiger partial charge in [0.25, 0.3) is 0 Å². The number of carbonyl (C=O) groups excluding carboxylic acids is 3. The molecule has 1 aliphatic carbocycles. The van der Waals surface area contributed by atoms with Gasteiger partial charge in [0, 0.05) is 23.0 Å². The highest BCUT2D eigenvalue weighted by atomic mass is 19.1. The minimum atomic E-state index is -1.60. The minimum absolute atomic E-state index is 0.0119. The Labute approximate surface area is 182 Å². The molecule has 4 rings (SSSR count). The van der Waals surface area contributed by atoms with E-state index in [0.29, 0.717) is 5.69 Å². The lowest BCUT2D eigenvalue weighted by molar-refractivity contribution is -0.123. The molecule has 164 valence electrons. The molecule has 0 spiro atoms. The second-order valence-electron chi connectivity index (χ2n) is 8.02. The second-order valence-corrected chi connectivity index (χ2v) is 8.02. The summed E-state index contributed by atoms with van der Waals surface area (Å²) in [5, 5.41) is 24.1. The fourth-order valence-corrected chi connectivity index (χ4v) is 4.21. The van der Waals surface area contributed by atoms with Crippen molar-refractivity contribution < 1.29 is 33.7 Å². The first-order valence-corrected chi connectivity index (χ1v) is 9.81. The van der Waals surface area contributed by atoms with Gasteiger partial charge >= 0.3 is 0 Å². The van der Waals surface area contributed by atoms with Crippen molar-refractivity contribution in [3.63, 3.8) is 0 Å². The number of benzene rings is 2. The number of ketones is 3. The van der Waals surface area contributed by atoms with Gasteiger partial charge in [0.15, 0.2) is 17.3 Å². The number of ether oxygens (including phenoxy) is 1. The van der Waals surface area contributed by atoms with Crippen LogP contribution in [0, 0.1) is 12.7 Å². The summed E-state index contributed by atoms with van der Waals surface area (Å²) in [5.74, 6) is -3.35. The van der Waals surface area contributed by atoms with E-state index in [9.17, 15) is 29.0 Å². The monoisotopic (exact) mass is 437 g/mol. The van der Waals surface area contributed by atoms with E-state index in [2.05, 4.69) is 5.32 Å². The fraction of sp³-hybridized carbons (Fsp3) is 0.208. The number of fused-ring (bicyclic) bond motifs is 3. The van der Waals surface area contributed by atoms with Crippen LogP contribution in [0.2, 0.25) is 0 Å². The summed E-state index contributed by atoms with van der Waals surface area (Å²) < 4.78 is 19.3. The molecular weight excluding hydrogens is 417 g/mol. The van der Waals surface area contributed by atoms with Gasteiger partial charge < -0.3 is 20.3 Å². The molecule has 8 heteroatoms. The van der Waals surface area contributed by atoms with Gasteiger partial charge in [-0.25, -0.2) is 4.39 Å². The summed E-state index contributed by atoms with van der Waals surface area (Å²) in [7, 11) is 0. The number of aromatic hydroxyl groups is 2. The Morgan fingerprint density at radius 2 is 1.84 bits per heavy atom. The number of halogens is 1. The molecule has 0 amide bonds. The Morgan fingerprint density at radius 1 is 1.16 bits per heavy atom. The zero-order valence-electron chi connectivity index (χ0n) is 17.8. The van der Waals surface area contributed by atoms with Crippen molar-refractivity contribution in [2.45, 2.75) is 33.1 Å². The fourth-order valence-electron chi connectivity index (χ4n) is 4.21. The van der Waals surface area contributed by atoms with E-state index in [4.69, 9.17) is 4.74 Å². The molecule has 7 nitrogen and oxygen atoms in total. The summed E-state index contributed by atoms with van der Waals surface area (Å²) in [6.07, 6.45) is 1.13. The van der Waals surface area contributed by atoms with E-state index >= 15 is 0 Å². The predicted molar refractivity (Wildman–Crippen MR) is 113 cm³/mol. The Hall–Kier alpha value is -3.94. The van der Waals surface area contributed by atoms with Crippen LogP contribution in [0.5, 0.6) is 17.2 Å². The second kappa shape index (κ2) is 7.05. The molecular formula is C24H20FNO6. The quantitative estimate of drug-likeness (QED) is 0.380. The standard InChI is InChI=1S/C24H20FNO6/c1-10-20(29)18(12(3)27)22-19(21(10)30)24(4)16(32-22)9-15(28)17(23(24)31)11(2)26-14-7-5-6-13(25)8-14/h5-9,26,29-30H,1-4H3/b17-11-. The molecule has 1 unspecified atom stereocenters. The highest BCUT2D eigenvalue weighted by molar-refractivity contribution is 6.31. The molecule has 0 bridgehead atoms.